The van der Waals surface area contributed by atoms with Gasteiger partial charge in [0.15, 0.2) is 0 Å². The highest BCUT2D eigenvalue weighted by Crippen LogP contribution is 2.29. The van der Waals surface area contributed by atoms with Crippen molar-refractivity contribution in [1.82, 2.24) is 14.9 Å². The van der Waals surface area contributed by atoms with Crippen molar-refractivity contribution in [2.24, 2.45) is 0 Å². The van der Waals surface area contributed by atoms with Crippen LogP contribution in [0.4, 0.5) is 4.39 Å². The van der Waals surface area contributed by atoms with Crippen LogP contribution in [0, 0.1) is 5.82 Å². The summed E-state index contributed by atoms with van der Waals surface area (Å²) in [5, 5.41) is 5.65. The van der Waals surface area contributed by atoms with Gasteiger partial charge in [0, 0.05) is 32.2 Å². The Morgan fingerprint density at radius 2 is 1.96 bits per heavy atom. The predicted molar refractivity (Wildman–Crippen MR) is 95.7 cm³/mol. The van der Waals surface area contributed by atoms with Gasteiger partial charge in [-0.05, 0) is 42.0 Å². The summed E-state index contributed by atoms with van der Waals surface area (Å²) in [6.07, 6.45) is 0. The Kier molecular flexibility index (Phi) is 5.36. The van der Waals surface area contributed by atoms with Crippen LogP contribution in [-0.2, 0) is 10.0 Å². The molecule has 2 aromatic carbocycles. The van der Waals surface area contributed by atoms with Crippen LogP contribution >= 0.6 is 0 Å². The van der Waals surface area contributed by atoms with E-state index in [0.717, 1.165) is 0 Å². The highest BCUT2D eigenvalue weighted by atomic mass is 32.2. The summed E-state index contributed by atoms with van der Waals surface area (Å²) in [5.74, 6) is -0.686. The van der Waals surface area contributed by atoms with Crippen LogP contribution in [0.5, 0.6) is 0 Å². The molecule has 2 aromatic rings. The van der Waals surface area contributed by atoms with Gasteiger partial charge in [-0.2, -0.15) is 4.31 Å². The van der Waals surface area contributed by atoms with Crippen molar-refractivity contribution in [3.63, 3.8) is 0 Å². The van der Waals surface area contributed by atoms with Crippen molar-refractivity contribution in [2.75, 3.05) is 26.7 Å². The topological polar surface area (TPSA) is 78.5 Å². The van der Waals surface area contributed by atoms with Crippen LogP contribution in [0.3, 0.4) is 0 Å². The quantitative estimate of drug-likeness (QED) is 0.847. The van der Waals surface area contributed by atoms with E-state index in [1.54, 1.807) is 12.1 Å². The highest BCUT2D eigenvalue weighted by Gasteiger charge is 2.34. The number of sulfonamides is 1. The summed E-state index contributed by atoms with van der Waals surface area (Å²) in [7, 11) is -2.27. The minimum absolute atomic E-state index is 0.105. The monoisotopic (exact) mass is 377 g/mol. The normalized spacial score (nSPS) is 18.5. The molecule has 0 spiro atoms. The van der Waals surface area contributed by atoms with Gasteiger partial charge in [0.05, 0.1) is 10.9 Å². The molecular weight excluding hydrogens is 357 g/mol. The third kappa shape index (κ3) is 3.62. The molecule has 26 heavy (non-hydrogen) atoms. The maximum atomic E-state index is 13.6. The van der Waals surface area contributed by atoms with Gasteiger partial charge in [0.1, 0.15) is 5.82 Å². The van der Waals surface area contributed by atoms with E-state index >= 15 is 0 Å². The molecule has 3 rings (SSSR count). The van der Waals surface area contributed by atoms with Gasteiger partial charge in [-0.25, -0.2) is 12.8 Å². The standard InChI is InChI=1S/C18H20FN3O3S/c1-20-18(23)13-5-7-16(8-6-13)26(24,25)22-10-9-21-12-17(22)14-3-2-4-15(19)11-14/h2-8,11,17,21H,9-10,12H2,1H3,(H,20,23). The number of nitrogens with zero attached hydrogens (tertiary/aromatic N) is 1. The first kappa shape index (κ1) is 18.5. The maximum Gasteiger partial charge on any atom is 0.251 e. The van der Waals surface area contributed by atoms with Crippen molar-refractivity contribution >= 4 is 15.9 Å². The number of benzene rings is 2. The molecule has 0 radical (unpaired) electrons. The zero-order valence-corrected chi connectivity index (χ0v) is 15.1. The molecular formula is C18H20FN3O3S. The van der Waals surface area contributed by atoms with E-state index in [9.17, 15) is 17.6 Å². The molecule has 1 atom stereocenters. The van der Waals surface area contributed by atoms with Gasteiger partial charge in [0.2, 0.25) is 10.0 Å². The number of carbonyl (C=O) groups is 1. The second-order valence-electron chi connectivity index (χ2n) is 5.99. The van der Waals surface area contributed by atoms with Crippen molar-refractivity contribution < 1.29 is 17.6 Å². The van der Waals surface area contributed by atoms with Gasteiger partial charge in [-0.15, -0.1) is 0 Å². The molecule has 1 unspecified atom stereocenters. The molecule has 2 N–H and O–H groups in total. The first-order valence-corrected chi connectivity index (χ1v) is 9.67. The molecule has 138 valence electrons. The molecule has 0 saturated carbocycles. The lowest BCUT2D eigenvalue weighted by Crippen LogP contribution is -2.48. The molecule has 1 fully saturated rings. The third-order valence-electron chi connectivity index (χ3n) is 4.38. The van der Waals surface area contributed by atoms with Gasteiger partial charge in [-0.1, -0.05) is 12.1 Å². The fourth-order valence-electron chi connectivity index (χ4n) is 3.03. The van der Waals surface area contributed by atoms with E-state index < -0.39 is 21.9 Å². The lowest BCUT2D eigenvalue weighted by molar-refractivity contribution is 0.0963. The van der Waals surface area contributed by atoms with Gasteiger partial charge in [-0.3, -0.25) is 4.79 Å². The average Bonchev–Trinajstić information content (AvgIpc) is 2.67. The van der Waals surface area contributed by atoms with Crippen LogP contribution in [0.2, 0.25) is 0 Å². The summed E-state index contributed by atoms with van der Waals surface area (Å²) < 4.78 is 41.2. The van der Waals surface area contributed by atoms with E-state index in [0.29, 0.717) is 24.2 Å². The zero-order chi connectivity index (χ0) is 18.7. The lowest BCUT2D eigenvalue weighted by atomic mass is 10.1. The largest absolute Gasteiger partial charge is 0.355 e. The molecule has 0 aliphatic carbocycles. The Morgan fingerprint density at radius 1 is 1.23 bits per heavy atom. The molecule has 0 aromatic heterocycles. The lowest BCUT2D eigenvalue weighted by Gasteiger charge is -2.35. The van der Waals surface area contributed by atoms with Crippen molar-refractivity contribution in [1.29, 1.82) is 0 Å². The molecule has 0 bridgehead atoms. The van der Waals surface area contributed by atoms with Gasteiger partial charge < -0.3 is 10.6 Å². The molecule has 6 nitrogen and oxygen atoms in total. The van der Waals surface area contributed by atoms with E-state index in [1.807, 2.05) is 0 Å². The van der Waals surface area contributed by atoms with Crippen LogP contribution in [0.1, 0.15) is 22.0 Å². The fourth-order valence-corrected chi connectivity index (χ4v) is 4.64. The Bertz CT molecular complexity index is 900. The van der Waals surface area contributed by atoms with E-state index in [4.69, 9.17) is 0 Å². The summed E-state index contributed by atoms with van der Waals surface area (Å²) in [5.41, 5.74) is 0.983. The highest BCUT2D eigenvalue weighted by molar-refractivity contribution is 7.89. The van der Waals surface area contributed by atoms with E-state index in [1.165, 1.54) is 47.8 Å². The molecule has 1 amide bonds. The Morgan fingerprint density at radius 3 is 2.62 bits per heavy atom. The zero-order valence-electron chi connectivity index (χ0n) is 14.3. The Balaban J connectivity index is 1.94. The third-order valence-corrected chi connectivity index (χ3v) is 6.30. The van der Waals surface area contributed by atoms with Crippen molar-refractivity contribution in [3.05, 3.63) is 65.5 Å². The number of halogens is 1. The van der Waals surface area contributed by atoms with Crippen LogP contribution < -0.4 is 10.6 Å². The summed E-state index contributed by atoms with van der Waals surface area (Å²) in [4.78, 5) is 11.7. The van der Waals surface area contributed by atoms with E-state index in [-0.39, 0.29) is 17.3 Å². The van der Waals surface area contributed by atoms with Crippen LogP contribution in [0.25, 0.3) is 0 Å². The molecule has 1 heterocycles. The smallest absolute Gasteiger partial charge is 0.251 e. The van der Waals surface area contributed by atoms with Gasteiger partial charge >= 0.3 is 0 Å². The predicted octanol–water partition coefficient (Wildman–Crippen LogP) is 1.52. The molecule has 1 saturated heterocycles. The number of amides is 1. The number of hydrogen-bond acceptors (Lipinski definition) is 4. The van der Waals surface area contributed by atoms with Crippen LogP contribution in [0.15, 0.2) is 53.4 Å². The number of nitrogens with one attached hydrogen (secondary N) is 2. The first-order valence-electron chi connectivity index (χ1n) is 8.23. The molecule has 1 aliphatic heterocycles. The summed E-state index contributed by atoms with van der Waals surface area (Å²) >= 11 is 0. The minimum atomic E-state index is -3.78. The Labute approximate surface area is 152 Å². The van der Waals surface area contributed by atoms with Crippen molar-refractivity contribution in [2.45, 2.75) is 10.9 Å². The summed E-state index contributed by atoms with van der Waals surface area (Å²) in [6, 6.07) is 11.3. The number of rotatable bonds is 4. The number of piperazine rings is 1. The first-order chi connectivity index (χ1) is 12.4. The minimum Gasteiger partial charge on any atom is -0.355 e. The second-order valence-corrected chi connectivity index (χ2v) is 7.88. The summed E-state index contributed by atoms with van der Waals surface area (Å²) in [6.45, 7) is 1.20. The average molecular weight is 377 g/mol. The Hall–Kier alpha value is -2.29. The molecule has 8 heteroatoms. The van der Waals surface area contributed by atoms with Crippen LogP contribution in [-0.4, -0.2) is 45.3 Å². The SMILES string of the molecule is CNC(=O)c1ccc(S(=O)(=O)N2CCNCC2c2cccc(F)c2)cc1. The van der Waals surface area contributed by atoms with E-state index in [2.05, 4.69) is 10.6 Å². The second kappa shape index (κ2) is 7.53. The van der Waals surface area contributed by atoms with Gasteiger partial charge in [0.25, 0.3) is 5.91 Å². The number of hydrogen-bond donors (Lipinski definition) is 2. The van der Waals surface area contributed by atoms with Crippen molar-refractivity contribution in [3.8, 4) is 0 Å². The molecule has 1 aliphatic rings. The maximum absolute atomic E-state index is 13.6. The number of carbonyl (C=O) groups excluding carboxylic acids is 1. The fraction of sp³-hybridized carbons (Fsp3) is 0.278.